The highest BCUT2D eigenvalue weighted by molar-refractivity contribution is 5.94. The average molecular weight is 329 g/mol. The maximum absolute atomic E-state index is 12.3. The number of hydrazone groups is 1. The van der Waals surface area contributed by atoms with Crippen molar-refractivity contribution >= 4 is 17.3 Å². The first-order valence-electron chi connectivity index (χ1n) is 8.98. The molecule has 5 heteroatoms. The molecule has 24 heavy (non-hydrogen) atoms. The van der Waals surface area contributed by atoms with Crippen LogP contribution in [0.4, 0.5) is 5.69 Å². The van der Waals surface area contributed by atoms with E-state index >= 15 is 0 Å². The van der Waals surface area contributed by atoms with Crippen molar-refractivity contribution in [2.24, 2.45) is 5.10 Å². The van der Waals surface area contributed by atoms with Crippen LogP contribution in [-0.2, 0) is 0 Å². The lowest BCUT2D eigenvalue weighted by molar-refractivity contribution is 0.0246. The van der Waals surface area contributed by atoms with Crippen LogP contribution < -0.4 is 10.3 Å². The monoisotopic (exact) mass is 329 g/mol. The van der Waals surface area contributed by atoms with Gasteiger partial charge in [0.1, 0.15) is 0 Å². The molecule has 1 heterocycles. The molecule has 0 atom stereocenters. The Kier molecular flexibility index (Phi) is 5.19. The molecule has 2 aliphatic rings. The third-order valence-corrected chi connectivity index (χ3v) is 5.02. The summed E-state index contributed by atoms with van der Waals surface area (Å²) in [5.74, 6) is -0.125. The van der Waals surface area contributed by atoms with Gasteiger partial charge in [0.25, 0.3) is 5.91 Å². The fraction of sp³-hybridized carbons (Fsp3) is 0.579. The van der Waals surface area contributed by atoms with Gasteiger partial charge in [0.05, 0.1) is 11.3 Å². The molecule has 3 rings (SSSR count). The zero-order chi connectivity index (χ0) is 17.0. The van der Waals surface area contributed by atoms with E-state index in [1.54, 1.807) is 0 Å². The Labute approximate surface area is 143 Å². The molecule has 0 aromatic heterocycles. The number of anilines is 1. The van der Waals surface area contributed by atoms with Crippen LogP contribution in [0.5, 0.6) is 0 Å². The molecule has 0 bridgehead atoms. The van der Waals surface area contributed by atoms with Gasteiger partial charge in [-0.05, 0) is 44.0 Å². The Morgan fingerprint density at radius 1 is 1.21 bits per heavy atom. The van der Waals surface area contributed by atoms with E-state index in [4.69, 9.17) is 0 Å². The van der Waals surface area contributed by atoms with Crippen molar-refractivity contribution in [1.29, 1.82) is 0 Å². The molecule has 130 valence electrons. The maximum Gasteiger partial charge on any atom is 0.251 e. The SMILES string of the molecule is CC1=NN(c2ccc(C(=O)NCC3(O)CCCCCC3)cc2)CC1. The highest BCUT2D eigenvalue weighted by Crippen LogP contribution is 2.26. The molecule has 1 fully saturated rings. The zero-order valence-corrected chi connectivity index (χ0v) is 14.4. The van der Waals surface area contributed by atoms with Gasteiger partial charge in [-0.25, -0.2) is 0 Å². The van der Waals surface area contributed by atoms with Gasteiger partial charge in [-0.15, -0.1) is 0 Å². The number of amides is 1. The van der Waals surface area contributed by atoms with Crippen LogP contribution in [0.15, 0.2) is 29.4 Å². The van der Waals surface area contributed by atoms with Gasteiger partial charge in [0.2, 0.25) is 0 Å². The number of nitrogens with zero attached hydrogens (tertiary/aromatic N) is 2. The summed E-state index contributed by atoms with van der Waals surface area (Å²) >= 11 is 0. The van der Waals surface area contributed by atoms with Crippen molar-refractivity contribution in [3.8, 4) is 0 Å². The van der Waals surface area contributed by atoms with Gasteiger partial charge in [-0.1, -0.05) is 25.7 Å². The Bertz CT molecular complexity index is 602. The average Bonchev–Trinajstić information content (AvgIpc) is 2.90. The Balaban J connectivity index is 1.57. The maximum atomic E-state index is 12.3. The molecule has 5 nitrogen and oxygen atoms in total. The predicted molar refractivity (Wildman–Crippen MR) is 96.5 cm³/mol. The minimum atomic E-state index is -0.742. The van der Waals surface area contributed by atoms with Crippen LogP contribution >= 0.6 is 0 Å². The van der Waals surface area contributed by atoms with Crippen LogP contribution in [0.2, 0.25) is 0 Å². The summed E-state index contributed by atoms with van der Waals surface area (Å²) in [5.41, 5.74) is 2.02. The number of hydrogen-bond acceptors (Lipinski definition) is 4. The van der Waals surface area contributed by atoms with Gasteiger partial charge in [0, 0.05) is 30.8 Å². The quantitative estimate of drug-likeness (QED) is 0.834. The first kappa shape index (κ1) is 17.0. The van der Waals surface area contributed by atoms with Crippen molar-refractivity contribution in [2.45, 2.75) is 57.5 Å². The van der Waals surface area contributed by atoms with E-state index in [0.717, 1.165) is 50.0 Å². The topological polar surface area (TPSA) is 64.9 Å². The van der Waals surface area contributed by atoms with Gasteiger partial charge in [0.15, 0.2) is 0 Å². The lowest BCUT2D eigenvalue weighted by Crippen LogP contribution is -2.42. The van der Waals surface area contributed by atoms with Crippen molar-refractivity contribution in [2.75, 3.05) is 18.1 Å². The highest BCUT2D eigenvalue weighted by Gasteiger charge is 2.28. The van der Waals surface area contributed by atoms with Gasteiger partial charge >= 0.3 is 0 Å². The second kappa shape index (κ2) is 7.34. The molecule has 1 aliphatic heterocycles. The van der Waals surface area contributed by atoms with Gasteiger partial charge in [-0.2, -0.15) is 5.10 Å². The molecular formula is C19H27N3O2. The van der Waals surface area contributed by atoms with Crippen molar-refractivity contribution in [3.63, 3.8) is 0 Å². The number of carbonyl (C=O) groups is 1. The number of rotatable bonds is 4. The molecule has 1 aromatic carbocycles. The smallest absolute Gasteiger partial charge is 0.251 e. The molecule has 0 unspecified atom stereocenters. The zero-order valence-electron chi connectivity index (χ0n) is 14.4. The van der Waals surface area contributed by atoms with Crippen molar-refractivity contribution in [1.82, 2.24) is 5.32 Å². The third kappa shape index (κ3) is 4.15. The standard InChI is InChI=1S/C19H27N3O2/c1-15-10-13-22(21-15)17-8-6-16(7-9-17)18(23)20-14-19(24)11-4-2-3-5-12-19/h6-9,24H,2-5,10-14H2,1H3,(H,20,23). The van der Waals surface area contributed by atoms with E-state index in [9.17, 15) is 9.90 Å². The number of carbonyl (C=O) groups excluding carboxylic acids is 1. The largest absolute Gasteiger partial charge is 0.388 e. The van der Waals surface area contributed by atoms with Crippen LogP contribution in [0.1, 0.15) is 62.2 Å². The van der Waals surface area contributed by atoms with Crippen molar-refractivity contribution < 1.29 is 9.90 Å². The predicted octanol–water partition coefficient (Wildman–Crippen LogP) is 3.09. The molecule has 1 saturated carbocycles. The fourth-order valence-corrected chi connectivity index (χ4v) is 3.46. The molecule has 0 spiro atoms. The first-order valence-corrected chi connectivity index (χ1v) is 8.98. The summed E-state index contributed by atoms with van der Waals surface area (Å²) in [7, 11) is 0. The van der Waals surface area contributed by atoms with E-state index < -0.39 is 5.60 Å². The van der Waals surface area contributed by atoms with E-state index in [2.05, 4.69) is 10.4 Å². The number of aliphatic hydroxyl groups is 1. The number of nitrogens with one attached hydrogen (secondary N) is 1. The normalized spacial score (nSPS) is 20.4. The van der Waals surface area contributed by atoms with Crippen LogP contribution in [0.3, 0.4) is 0 Å². The molecule has 0 radical (unpaired) electrons. The number of benzene rings is 1. The Morgan fingerprint density at radius 2 is 1.88 bits per heavy atom. The Morgan fingerprint density at radius 3 is 2.46 bits per heavy atom. The molecule has 1 amide bonds. The molecular weight excluding hydrogens is 302 g/mol. The summed E-state index contributed by atoms with van der Waals surface area (Å²) in [5, 5.41) is 20.0. The molecule has 0 saturated heterocycles. The van der Waals surface area contributed by atoms with Gasteiger partial charge < -0.3 is 10.4 Å². The summed E-state index contributed by atoms with van der Waals surface area (Å²) in [6.45, 7) is 3.26. The molecule has 1 aromatic rings. The van der Waals surface area contributed by atoms with Crippen LogP contribution in [0.25, 0.3) is 0 Å². The fourth-order valence-electron chi connectivity index (χ4n) is 3.46. The molecule has 2 N–H and O–H groups in total. The lowest BCUT2D eigenvalue weighted by atomic mass is 9.94. The van der Waals surface area contributed by atoms with E-state index in [1.165, 1.54) is 12.8 Å². The van der Waals surface area contributed by atoms with Gasteiger partial charge in [-0.3, -0.25) is 9.80 Å². The summed E-state index contributed by atoms with van der Waals surface area (Å²) < 4.78 is 0. The minimum Gasteiger partial charge on any atom is -0.388 e. The Hall–Kier alpha value is -1.88. The first-order chi connectivity index (χ1) is 11.6. The van der Waals surface area contributed by atoms with E-state index in [1.807, 2.05) is 36.2 Å². The second-order valence-electron chi connectivity index (χ2n) is 7.08. The summed E-state index contributed by atoms with van der Waals surface area (Å²) in [6, 6.07) is 7.50. The highest BCUT2D eigenvalue weighted by atomic mass is 16.3. The summed E-state index contributed by atoms with van der Waals surface area (Å²) in [6.07, 6.45) is 6.97. The number of hydrogen-bond donors (Lipinski definition) is 2. The lowest BCUT2D eigenvalue weighted by Gasteiger charge is -2.26. The van der Waals surface area contributed by atoms with Crippen LogP contribution in [0, 0.1) is 0 Å². The molecule has 1 aliphatic carbocycles. The summed E-state index contributed by atoms with van der Waals surface area (Å²) in [4.78, 5) is 12.3. The minimum absolute atomic E-state index is 0.125. The second-order valence-corrected chi connectivity index (χ2v) is 7.08. The van der Waals surface area contributed by atoms with Crippen molar-refractivity contribution in [3.05, 3.63) is 29.8 Å². The van der Waals surface area contributed by atoms with E-state index in [-0.39, 0.29) is 5.91 Å². The van der Waals surface area contributed by atoms with E-state index in [0.29, 0.717) is 12.1 Å². The third-order valence-electron chi connectivity index (χ3n) is 5.02. The van der Waals surface area contributed by atoms with Crippen LogP contribution in [-0.4, -0.2) is 35.4 Å².